The van der Waals surface area contributed by atoms with E-state index in [1.807, 2.05) is 0 Å². The lowest BCUT2D eigenvalue weighted by Gasteiger charge is -2.41. The highest BCUT2D eigenvalue weighted by Crippen LogP contribution is 2.31. The van der Waals surface area contributed by atoms with E-state index >= 15 is 0 Å². The number of carbonyl (C=O) groups excluding carboxylic acids is 1. The molecule has 25 heavy (non-hydrogen) atoms. The Morgan fingerprint density at radius 2 is 1.92 bits per heavy atom. The van der Waals surface area contributed by atoms with E-state index in [0.717, 1.165) is 18.6 Å². The van der Waals surface area contributed by atoms with Crippen LogP contribution in [0.15, 0.2) is 0 Å². The minimum atomic E-state index is -1.30. The molecule has 1 fully saturated rings. The zero-order valence-corrected chi connectivity index (χ0v) is 16.1. The standard InChI is InChI=1S/C18H34O6S/c1-4-5-6-7-8-9-10-25-18-15(21)16(24-17(22)12(2)3)14(20)13(11-19)23-18/h12-16,18-21H,4-11H2,1-3H3/t13-,14-,15-,16+,18?/m1/s1/i2D/t12?,13-,14-,15-,16+,18?. The van der Waals surface area contributed by atoms with E-state index in [1.54, 1.807) is 6.92 Å². The van der Waals surface area contributed by atoms with Crippen molar-refractivity contribution in [3.63, 3.8) is 0 Å². The van der Waals surface area contributed by atoms with Crippen LogP contribution < -0.4 is 0 Å². The lowest BCUT2D eigenvalue weighted by molar-refractivity contribution is -0.222. The van der Waals surface area contributed by atoms with Gasteiger partial charge in [-0.25, -0.2) is 0 Å². The molecule has 1 saturated heterocycles. The third-order valence-electron chi connectivity index (χ3n) is 4.26. The van der Waals surface area contributed by atoms with E-state index in [4.69, 9.17) is 10.8 Å². The Labute approximate surface area is 156 Å². The molecule has 7 heteroatoms. The summed E-state index contributed by atoms with van der Waals surface area (Å²) < 4.78 is 18.1. The SMILES string of the molecule is [2H]CC(C)C(=O)O[C@H]1[C@H](O)[C@@H](CO)OC(SCCCCCCCC)[C@@H]1O. The molecule has 0 aromatic rings. The van der Waals surface area contributed by atoms with Gasteiger partial charge in [0, 0.05) is 1.37 Å². The van der Waals surface area contributed by atoms with Gasteiger partial charge >= 0.3 is 5.97 Å². The molecule has 3 N–H and O–H groups in total. The van der Waals surface area contributed by atoms with Gasteiger partial charge < -0.3 is 24.8 Å². The second kappa shape index (κ2) is 12.1. The fraction of sp³-hybridized carbons (Fsp3) is 0.944. The molecule has 0 aliphatic carbocycles. The molecule has 0 radical (unpaired) electrons. The van der Waals surface area contributed by atoms with Gasteiger partial charge in [0.05, 0.1) is 12.5 Å². The molecule has 0 spiro atoms. The summed E-state index contributed by atoms with van der Waals surface area (Å²) in [6, 6.07) is 0. The Balaban J connectivity index is 2.53. The highest BCUT2D eigenvalue weighted by molar-refractivity contribution is 7.99. The summed E-state index contributed by atoms with van der Waals surface area (Å²) in [6.07, 6.45) is 2.42. The van der Waals surface area contributed by atoms with E-state index in [1.165, 1.54) is 37.4 Å². The first kappa shape index (κ1) is 21.0. The predicted octanol–water partition coefficient (Wildman–Crippen LogP) is 2.09. The van der Waals surface area contributed by atoms with Crippen molar-refractivity contribution >= 4 is 17.7 Å². The van der Waals surface area contributed by atoms with E-state index in [0.29, 0.717) is 0 Å². The topological polar surface area (TPSA) is 96.2 Å². The Kier molecular flexibility index (Phi) is 10.2. The van der Waals surface area contributed by atoms with Crippen LogP contribution in [-0.4, -0.2) is 63.5 Å². The van der Waals surface area contributed by atoms with Gasteiger partial charge in [-0.1, -0.05) is 52.9 Å². The number of rotatable bonds is 11. The highest BCUT2D eigenvalue weighted by atomic mass is 32.2. The van der Waals surface area contributed by atoms with Crippen LogP contribution in [0.5, 0.6) is 0 Å². The van der Waals surface area contributed by atoms with Gasteiger partial charge in [-0.2, -0.15) is 0 Å². The summed E-state index contributed by atoms with van der Waals surface area (Å²) in [5, 5.41) is 30.1. The quantitative estimate of drug-likeness (QED) is 0.374. The zero-order valence-electron chi connectivity index (χ0n) is 16.3. The molecule has 0 amide bonds. The van der Waals surface area contributed by atoms with Crippen molar-refractivity contribution in [2.75, 3.05) is 12.4 Å². The van der Waals surface area contributed by atoms with Crippen molar-refractivity contribution in [1.82, 2.24) is 0 Å². The average Bonchev–Trinajstić information content (AvgIpc) is 2.65. The molecular formula is C18H34O6S. The molecule has 1 heterocycles. The first-order valence-corrected chi connectivity index (χ1v) is 10.2. The van der Waals surface area contributed by atoms with E-state index in [9.17, 15) is 20.1 Å². The predicted molar refractivity (Wildman–Crippen MR) is 98.3 cm³/mol. The maximum absolute atomic E-state index is 11.9. The molecule has 2 unspecified atom stereocenters. The Morgan fingerprint density at radius 1 is 1.24 bits per heavy atom. The minimum absolute atomic E-state index is 0.131. The molecule has 6 nitrogen and oxygen atoms in total. The van der Waals surface area contributed by atoms with Crippen molar-refractivity contribution in [2.24, 2.45) is 5.92 Å². The lowest BCUT2D eigenvalue weighted by atomic mass is 10.00. The van der Waals surface area contributed by atoms with Gasteiger partial charge in [0.25, 0.3) is 0 Å². The molecule has 0 aromatic carbocycles. The fourth-order valence-corrected chi connectivity index (χ4v) is 3.84. The summed E-state index contributed by atoms with van der Waals surface area (Å²) in [6.45, 7) is 3.18. The summed E-state index contributed by atoms with van der Waals surface area (Å²) in [5.41, 5.74) is -0.671. The first-order chi connectivity index (χ1) is 12.5. The first-order valence-electron chi connectivity index (χ1n) is 9.90. The van der Waals surface area contributed by atoms with Crippen LogP contribution in [0.25, 0.3) is 0 Å². The number of esters is 1. The normalized spacial score (nSPS) is 31.4. The van der Waals surface area contributed by atoms with Crippen LogP contribution in [0.2, 0.25) is 0 Å². The van der Waals surface area contributed by atoms with Crippen LogP contribution in [0, 0.1) is 5.92 Å². The maximum atomic E-state index is 11.9. The number of thioether (sulfide) groups is 1. The van der Waals surface area contributed by atoms with Crippen LogP contribution >= 0.6 is 11.8 Å². The number of unbranched alkanes of at least 4 members (excludes halogenated alkanes) is 5. The van der Waals surface area contributed by atoms with Crippen molar-refractivity contribution in [2.45, 2.75) is 89.1 Å². The summed E-state index contributed by atoms with van der Waals surface area (Å²) in [7, 11) is 0. The number of hydrogen-bond acceptors (Lipinski definition) is 7. The molecule has 1 aliphatic rings. The molecule has 6 atom stereocenters. The van der Waals surface area contributed by atoms with Gasteiger partial charge in [-0.15, -0.1) is 11.8 Å². The lowest BCUT2D eigenvalue weighted by Crippen LogP contribution is -2.59. The molecule has 1 rings (SSSR count). The summed E-state index contributed by atoms with van der Waals surface area (Å²) >= 11 is 1.41. The van der Waals surface area contributed by atoms with Crippen LogP contribution in [0.3, 0.4) is 0 Å². The Hall–Kier alpha value is -0.340. The second-order valence-corrected chi connectivity index (χ2v) is 7.85. The third-order valence-corrected chi connectivity index (χ3v) is 5.50. The third kappa shape index (κ3) is 7.43. The van der Waals surface area contributed by atoms with Gasteiger partial charge in [0.1, 0.15) is 23.7 Å². The van der Waals surface area contributed by atoms with E-state index in [2.05, 4.69) is 6.92 Å². The minimum Gasteiger partial charge on any atom is -0.456 e. The van der Waals surface area contributed by atoms with Crippen LogP contribution in [0.4, 0.5) is 0 Å². The monoisotopic (exact) mass is 379 g/mol. The largest absolute Gasteiger partial charge is 0.456 e. The van der Waals surface area contributed by atoms with Gasteiger partial charge in [-0.3, -0.25) is 4.79 Å². The van der Waals surface area contributed by atoms with Gasteiger partial charge in [0.2, 0.25) is 0 Å². The van der Waals surface area contributed by atoms with E-state index in [-0.39, 0.29) is 6.90 Å². The molecule has 148 valence electrons. The molecule has 1 aliphatic heterocycles. The number of aliphatic hydroxyl groups is 3. The number of ether oxygens (including phenoxy) is 2. The zero-order chi connectivity index (χ0) is 19.5. The van der Waals surface area contributed by atoms with Crippen LogP contribution in [0.1, 0.15) is 60.6 Å². The Morgan fingerprint density at radius 3 is 2.56 bits per heavy atom. The molecule has 0 bridgehead atoms. The fourth-order valence-electron chi connectivity index (χ4n) is 2.66. The van der Waals surface area contributed by atoms with Crippen molar-refractivity contribution < 1.29 is 31.0 Å². The van der Waals surface area contributed by atoms with Gasteiger partial charge in [0.15, 0.2) is 6.10 Å². The molecule has 0 saturated carbocycles. The highest BCUT2D eigenvalue weighted by Gasteiger charge is 2.46. The summed E-state index contributed by atoms with van der Waals surface area (Å²) in [5.74, 6) is -0.494. The van der Waals surface area contributed by atoms with Gasteiger partial charge in [-0.05, 0) is 12.2 Å². The second-order valence-electron chi connectivity index (χ2n) is 6.65. The average molecular weight is 380 g/mol. The van der Waals surface area contributed by atoms with Crippen molar-refractivity contribution in [3.05, 3.63) is 0 Å². The number of aliphatic hydroxyl groups excluding tert-OH is 3. The number of carbonyl (C=O) groups is 1. The smallest absolute Gasteiger partial charge is 0.308 e. The number of hydrogen-bond donors (Lipinski definition) is 3. The molecule has 0 aromatic heterocycles. The van der Waals surface area contributed by atoms with E-state index < -0.39 is 48.3 Å². The van der Waals surface area contributed by atoms with Crippen molar-refractivity contribution in [1.29, 1.82) is 0 Å². The Bertz CT molecular complexity index is 400. The maximum Gasteiger partial charge on any atom is 0.308 e. The van der Waals surface area contributed by atoms with Crippen molar-refractivity contribution in [3.8, 4) is 0 Å². The van der Waals surface area contributed by atoms with Crippen LogP contribution in [-0.2, 0) is 14.3 Å². The molecular weight excluding hydrogens is 344 g/mol. The summed E-state index contributed by atoms with van der Waals surface area (Å²) in [4.78, 5) is 11.9.